The molecule has 0 bridgehead atoms. The van der Waals surface area contributed by atoms with Crippen molar-refractivity contribution in [1.29, 1.82) is 0 Å². The molecule has 4 rings (SSSR count). The fourth-order valence-corrected chi connectivity index (χ4v) is 4.55. The third-order valence-electron chi connectivity index (χ3n) is 6.31. The van der Waals surface area contributed by atoms with E-state index < -0.39 is 17.3 Å². The Labute approximate surface area is 204 Å². The van der Waals surface area contributed by atoms with Gasteiger partial charge in [0.2, 0.25) is 11.8 Å². The van der Waals surface area contributed by atoms with E-state index in [0.717, 1.165) is 17.4 Å². The molecular formula is C25H35N5O5. The number of nitrogens with zero attached hydrogens (tertiary/aromatic N) is 4. The third kappa shape index (κ3) is 4.98. The number of aromatic hydroxyl groups is 1. The normalized spacial score (nSPS) is 21.1. The first-order chi connectivity index (χ1) is 16.4. The molecule has 2 aromatic rings. The van der Waals surface area contributed by atoms with Crippen LogP contribution in [0.5, 0.6) is 5.88 Å². The lowest BCUT2D eigenvalue weighted by Gasteiger charge is -2.38. The van der Waals surface area contributed by atoms with Gasteiger partial charge in [0.05, 0.1) is 31.0 Å². The Bertz CT molecular complexity index is 1240. The summed E-state index contributed by atoms with van der Waals surface area (Å²) in [7, 11) is 0. The Morgan fingerprint density at radius 3 is 2.40 bits per heavy atom. The molecule has 2 fully saturated rings. The lowest BCUT2D eigenvalue weighted by molar-refractivity contribution is -0.138. The first-order valence-electron chi connectivity index (χ1n) is 12.1. The molecule has 1 aliphatic heterocycles. The van der Waals surface area contributed by atoms with Crippen LogP contribution in [-0.2, 0) is 16.1 Å². The maximum Gasteiger partial charge on any atom is 0.291 e. The Morgan fingerprint density at radius 1 is 1.20 bits per heavy atom. The van der Waals surface area contributed by atoms with Crippen molar-refractivity contribution in [3.63, 3.8) is 0 Å². The summed E-state index contributed by atoms with van der Waals surface area (Å²) in [4.78, 5) is 41.0. The van der Waals surface area contributed by atoms with Crippen molar-refractivity contribution in [2.24, 2.45) is 5.41 Å². The van der Waals surface area contributed by atoms with Crippen molar-refractivity contribution >= 4 is 23.5 Å². The van der Waals surface area contributed by atoms with Gasteiger partial charge in [0.1, 0.15) is 5.65 Å². The van der Waals surface area contributed by atoms with E-state index in [1.54, 1.807) is 22.5 Å². The van der Waals surface area contributed by atoms with Crippen molar-refractivity contribution in [1.82, 2.24) is 24.4 Å². The van der Waals surface area contributed by atoms with E-state index in [-0.39, 0.29) is 35.0 Å². The molecular weight excluding hydrogens is 450 g/mol. The lowest BCUT2D eigenvalue weighted by atomic mass is 9.96. The monoisotopic (exact) mass is 485 g/mol. The largest absolute Gasteiger partial charge is 0.494 e. The maximum atomic E-state index is 13.3. The topological polar surface area (TPSA) is 118 Å². The van der Waals surface area contributed by atoms with Crippen molar-refractivity contribution < 1.29 is 19.4 Å². The van der Waals surface area contributed by atoms with Crippen LogP contribution < -0.4 is 10.9 Å². The van der Waals surface area contributed by atoms with E-state index in [1.165, 1.54) is 6.08 Å². The summed E-state index contributed by atoms with van der Waals surface area (Å²) in [5.74, 6) is -1.16. The minimum atomic E-state index is -0.690. The molecule has 35 heavy (non-hydrogen) atoms. The molecule has 1 saturated heterocycles. The summed E-state index contributed by atoms with van der Waals surface area (Å²) in [5, 5.41) is 18.4. The number of hydrogen-bond donors (Lipinski definition) is 2. The number of carbonyl (C=O) groups is 2. The fraction of sp³-hybridized carbons (Fsp3) is 0.600. The minimum Gasteiger partial charge on any atom is -0.494 e. The minimum absolute atomic E-state index is 0.0295. The van der Waals surface area contributed by atoms with Crippen molar-refractivity contribution in [2.45, 2.75) is 79.1 Å². The van der Waals surface area contributed by atoms with Gasteiger partial charge in [-0.3, -0.25) is 19.0 Å². The molecule has 190 valence electrons. The Balaban J connectivity index is 1.83. The van der Waals surface area contributed by atoms with Gasteiger partial charge in [0, 0.05) is 24.2 Å². The van der Waals surface area contributed by atoms with E-state index in [4.69, 9.17) is 4.74 Å². The predicted octanol–water partition coefficient (Wildman–Crippen LogP) is 2.10. The van der Waals surface area contributed by atoms with E-state index in [0.29, 0.717) is 36.7 Å². The molecule has 1 aliphatic carbocycles. The highest BCUT2D eigenvalue weighted by molar-refractivity contribution is 5.97. The third-order valence-corrected chi connectivity index (χ3v) is 6.31. The van der Waals surface area contributed by atoms with Crippen LogP contribution in [0.3, 0.4) is 0 Å². The second-order valence-corrected chi connectivity index (χ2v) is 10.9. The van der Waals surface area contributed by atoms with Gasteiger partial charge in [-0.05, 0) is 45.1 Å². The summed E-state index contributed by atoms with van der Waals surface area (Å²) in [6, 6.07) is -0.0880. The predicted molar refractivity (Wildman–Crippen MR) is 131 cm³/mol. The van der Waals surface area contributed by atoms with Crippen LogP contribution in [-0.4, -0.2) is 67.3 Å². The van der Waals surface area contributed by atoms with Crippen LogP contribution in [0.15, 0.2) is 10.9 Å². The molecule has 3 heterocycles. The van der Waals surface area contributed by atoms with Gasteiger partial charge >= 0.3 is 0 Å². The fourth-order valence-electron chi connectivity index (χ4n) is 4.55. The van der Waals surface area contributed by atoms with Gasteiger partial charge in [-0.15, -0.1) is 0 Å². The average molecular weight is 486 g/mol. The molecule has 2 aliphatic rings. The molecule has 10 heteroatoms. The average Bonchev–Trinajstić information content (AvgIpc) is 3.49. The highest BCUT2D eigenvalue weighted by Gasteiger charge is 2.32. The smallest absolute Gasteiger partial charge is 0.291 e. The quantitative estimate of drug-likeness (QED) is 0.626. The zero-order chi connectivity index (χ0) is 25.7. The van der Waals surface area contributed by atoms with Crippen LogP contribution in [0.4, 0.5) is 0 Å². The molecule has 2 N–H and O–H groups in total. The number of morpholine rings is 1. The van der Waals surface area contributed by atoms with Crippen LogP contribution in [0.2, 0.25) is 0 Å². The van der Waals surface area contributed by atoms with Crippen LogP contribution in [0.25, 0.3) is 11.7 Å². The Morgan fingerprint density at radius 2 is 1.83 bits per heavy atom. The van der Waals surface area contributed by atoms with Gasteiger partial charge in [0.25, 0.3) is 11.5 Å². The second kappa shape index (κ2) is 9.14. The Kier molecular flexibility index (Phi) is 6.52. The molecule has 2 atom stereocenters. The number of carbonyl (C=O) groups excluding carboxylic acids is 2. The first kappa shape index (κ1) is 25.0. The zero-order valence-electron chi connectivity index (χ0n) is 21.3. The number of fused-ring (bicyclic) bond motifs is 1. The van der Waals surface area contributed by atoms with Crippen LogP contribution >= 0.6 is 0 Å². The van der Waals surface area contributed by atoms with Gasteiger partial charge in [-0.1, -0.05) is 20.8 Å². The van der Waals surface area contributed by atoms with Crippen molar-refractivity contribution in [3.8, 4) is 5.88 Å². The number of aromatic nitrogens is 3. The molecule has 0 spiro atoms. The number of nitrogens with one attached hydrogen (secondary N) is 1. The van der Waals surface area contributed by atoms with E-state index in [9.17, 15) is 19.5 Å². The summed E-state index contributed by atoms with van der Waals surface area (Å²) in [6.07, 6.45) is 4.82. The summed E-state index contributed by atoms with van der Waals surface area (Å²) in [5.41, 5.74) is 0.0954. The molecule has 1 saturated carbocycles. The number of hydrogen-bond acceptors (Lipinski definition) is 6. The number of ether oxygens (including phenoxy) is 1. The second-order valence-electron chi connectivity index (χ2n) is 10.9. The molecule has 0 aromatic carbocycles. The van der Waals surface area contributed by atoms with Gasteiger partial charge in [-0.25, -0.2) is 0 Å². The molecule has 2 amide bonds. The summed E-state index contributed by atoms with van der Waals surface area (Å²) < 4.78 is 8.23. The van der Waals surface area contributed by atoms with Crippen LogP contribution in [0, 0.1) is 12.3 Å². The standard InChI is InChI=1S/C25H35N5O5/c1-14-11-35-12-15(2)29(14)19(31)10-9-18-16(3)27-30-22(18)28(13-25(4,5)6)23(33)20(24(30)34)21(32)26-17-7-8-17/h9-10,14-15,17,33H,7-8,11-13H2,1-6H3,(H,26,32)/b10-9+/t14-,15-/m0/s1. The highest BCUT2D eigenvalue weighted by atomic mass is 16.5. The molecule has 0 radical (unpaired) electrons. The Hall–Kier alpha value is -3.14. The van der Waals surface area contributed by atoms with Crippen LogP contribution in [0.1, 0.15) is 69.1 Å². The highest BCUT2D eigenvalue weighted by Crippen LogP contribution is 2.29. The van der Waals surface area contributed by atoms with E-state index >= 15 is 0 Å². The summed E-state index contributed by atoms with van der Waals surface area (Å²) >= 11 is 0. The van der Waals surface area contributed by atoms with Crippen molar-refractivity contribution in [2.75, 3.05) is 13.2 Å². The van der Waals surface area contributed by atoms with Gasteiger partial charge in [-0.2, -0.15) is 9.61 Å². The van der Waals surface area contributed by atoms with E-state index in [1.807, 2.05) is 34.6 Å². The number of aryl methyl sites for hydroxylation is 1. The SMILES string of the molecule is Cc1nn2c(=O)c(C(=O)NC3CC3)c(O)n(CC(C)(C)C)c2c1/C=C/C(=O)N1[C@@H](C)COC[C@@H]1C. The molecule has 2 aromatic heterocycles. The zero-order valence-corrected chi connectivity index (χ0v) is 21.3. The number of rotatable bonds is 5. The number of amides is 2. The maximum absolute atomic E-state index is 13.3. The van der Waals surface area contributed by atoms with Crippen molar-refractivity contribution in [3.05, 3.63) is 33.3 Å². The molecule has 0 unspecified atom stereocenters. The lowest BCUT2D eigenvalue weighted by Crippen LogP contribution is -2.51. The van der Waals surface area contributed by atoms with E-state index in [2.05, 4.69) is 10.4 Å². The first-order valence-corrected chi connectivity index (χ1v) is 12.1. The van der Waals surface area contributed by atoms with Gasteiger partial charge < -0.3 is 20.1 Å². The van der Waals surface area contributed by atoms with Gasteiger partial charge in [0.15, 0.2) is 5.56 Å². The molecule has 10 nitrogen and oxygen atoms in total. The summed E-state index contributed by atoms with van der Waals surface area (Å²) in [6.45, 7) is 12.9.